The lowest BCUT2D eigenvalue weighted by Gasteiger charge is -2.30. The van der Waals surface area contributed by atoms with Crippen molar-refractivity contribution in [3.8, 4) is 0 Å². The van der Waals surface area contributed by atoms with Gasteiger partial charge in [0.2, 0.25) is 0 Å². The van der Waals surface area contributed by atoms with Crippen molar-refractivity contribution in [2.24, 2.45) is 7.05 Å². The van der Waals surface area contributed by atoms with Crippen LogP contribution in [0.2, 0.25) is 0 Å². The molecule has 0 spiro atoms. The molecule has 0 aliphatic carbocycles. The van der Waals surface area contributed by atoms with Crippen LogP contribution < -0.4 is 5.32 Å². The number of hydrogen-bond acceptors (Lipinski definition) is 4. The van der Waals surface area contributed by atoms with Gasteiger partial charge < -0.3 is 15.0 Å². The zero-order chi connectivity index (χ0) is 23.6. The van der Waals surface area contributed by atoms with E-state index in [1.165, 1.54) is 0 Å². The Morgan fingerprint density at radius 1 is 1.00 bits per heavy atom. The third kappa shape index (κ3) is 5.08. The fourth-order valence-corrected chi connectivity index (χ4v) is 4.12. The van der Waals surface area contributed by atoms with Gasteiger partial charge in [-0.15, -0.1) is 0 Å². The lowest BCUT2D eigenvalue weighted by atomic mass is 9.98. The second-order valence-corrected chi connectivity index (χ2v) is 9.28. The predicted molar refractivity (Wildman–Crippen MR) is 126 cm³/mol. The summed E-state index contributed by atoms with van der Waals surface area (Å²) in [6.07, 6.45) is 0.200. The van der Waals surface area contributed by atoms with E-state index in [0.29, 0.717) is 25.2 Å². The number of rotatable bonds is 4. The van der Waals surface area contributed by atoms with Crippen molar-refractivity contribution in [1.29, 1.82) is 0 Å². The van der Waals surface area contributed by atoms with E-state index < -0.39 is 5.60 Å². The van der Waals surface area contributed by atoms with Gasteiger partial charge in [-0.1, -0.05) is 60.7 Å². The summed E-state index contributed by atoms with van der Waals surface area (Å²) in [6.45, 7) is 6.34. The monoisotopic (exact) mass is 446 g/mol. The molecule has 0 bridgehead atoms. The smallest absolute Gasteiger partial charge is 0.410 e. The molecular formula is C26H30N4O3. The largest absolute Gasteiger partial charge is 0.444 e. The van der Waals surface area contributed by atoms with Gasteiger partial charge in [0, 0.05) is 25.6 Å². The molecule has 0 fully saturated rings. The highest BCUT2D eigenvalue weighted by Crippen LogP contribution is 2.26. The maximum atomic E-state index is 13.6. The van der Waals surface area contributed by atoms with E-state index in [1.54, 1.807) is 16.6 Å². The molecule has 7 nitrogen and oxygen atoms in total. The molecule has 7 heteroatoms. The minimum atomic E-state index is -0.578. The molecule has 0 radical (unpaired) electrons. The number of amides is 2. The molecule has 0 atom stereocenters. The van der Waals surface area contributed by atoms with Crippen molar-refractivity contribution in [2.45, 2.75) is 45.4 Å². The summed E-state index contributed by atoms with van der Waals surface area (Å²) in [6, 6.07) is 19.4. The molecule has 2 aromatic carbocycles. The summed E-state index contributed by atoms with van der Waals surface area (Å²) in [4.78, 5) is 27.8. The highest BCUT2D eigenvalue weighted by Gasteiger charge is 2.32. The molecule has 172 valence electrons. The third-order valence-corrected chi connectivity index (χ3v) is 5.60. The number of aryl methyl sites for hydroxylation is 1. The molecule has 0 saturated carbocycles. The lowest BCUT2D eigenvalue weighted by molar-refractivity contribution is 0.0222. The molecule has 1 aliphatic rings. The number of carbonyl (C=O) groups is 2. The van der Waals surface area contributed by atoms with Crippen LogP contribution in [0.5, 0.6) is 0 Å². The van der Waals surface area contributed by atoms with Gasteiger partial charge in [0.15, 0.2) is 0 Å². The third-order valence-electron chi connectivity index (χ3n) is 5.60. The molecule has 2 heterocycles. The second kappa shape index (κ2) is 9.10. The van der Waals surface area contributed by atoms with Crippen LogP contribution in [0.3, 0.4) is 0 Å². The number of nitrogens with one attached hydrogen (secondary N) is 1. The molecule has 4 rings (SSSR count). The van der Waals surface area contributed by atoms with Crippen molar-refractivity contribution < 1.29 is 14.3 Å². The van der Waals surface area contributed by atoms with E-state index in [0.717, 1.165) is 22.4 Å². The Morgan fingerprint density at radius 2 is 1.58 bits per heavy atom. The van der Waals surface area contributed by atoms with Crippen molar-refractivity contribution in [3.63, 3.8) is 0 Å². The molecule has 2 amide bonds. The molecule has 1 aromatic heterocycles. The topological polar surface area (TPSA) is 76.5 Å². The summed E-state index contributed by atoms with van der Waals surface area (Å²) in [7, 11) is 1.77. The summed E-state index contributed by atoms with van der Waals surface area (Å²) in [5.74, 6) is -0.227. The van der Waals surface area contributed by atoms with E-state index in [2.05, 4.69) is 10.4 Å². The van der Waals surface area contributed by atoms with E-state index >= 15 is 0 Å². The normalized spacial score (nSPS) is 13.5. The summed E-state index contributed by atoms with van der Waals surface area (Å²) < 4.78 is 7.16. The van der Waals surface area contributed by atoms with E-state index in [4.69, 9.17) is 4.74 Å². The number of fused-ring (bicyclic) bond motifs is 1. The Bertz CT molecular complexity index is 1090. The van der Waals surface area contributed by atoms with Crippen LogP contribution in [0.15, 0.2) is 60.7 Å². The standard InChI is InChI=1S/C26H30N4O3/c1-26(2,3)33-25(32)30-16-15-21-20(17-30)23(29(4)28-21)24(31)27-22(18-11-7-5-8-12-18)19-13-9-6-10-14-19/h5-14,22H,15-17H2,1-4H3,(H,27,31). The average molecular weight is 447 g/mol. The first kappa shape index (κ1) is 22.6. The number of aromatic nitrogens is 2. The van der Waals surface area contributed by atoms with Gasteiger partial charge >= 0.3 is 6.09 Å². The Labute approximate surface area is 194 Å². The maximum absolute atomic E-state index is 13.6. The molecule has 1 aliphatic heterocycles. The van der Waals surface area contributed by atoms with Gasteiger partial charge in [0.05, 0.1) is 18.3 Å². The fraction of sp³-hybridized carbons (Fsp3) is 0.346. The first-order valence-electron chi connectivity index (χ1n) is 11.2. The lowest BCUT2D eigenvalue weighted by Crippen LogP contribution is -2.40. The van der Waals surface area contributed by atoms with E-state index in [1.807, 2.05) is 81.4 Å². The molecule has 1 N–H and O–H groups in total. The van der Waals surface area contributed by atoms with E-state index in [9.17, 15) is 9.59 Å². The molecule has 0 saturated heterocycles. The first-order chi connectivity index (χ1) is 15.7. The van der Waals surface area contributed by atoms with Crippen molar-refractivity contribution in [2.75, 3.05) is 6.54 Å². The highest BCUT2D eigenvalue weighted by atomic mass is 16.6. The van der Waals surface area contributed by atoms with Gasteiger partial charge in [-0.05, 0) is 31.9 Å². The predicted octanol–water partition coefficient (Wildman–Crippen LogP) is 4.23. The Morgan fingerprint density at radius 3 is 2.12 bits per heavy atom. The number of carbonyl (C=O) groups excluding carboxylic acids is 2. The number of benzene rings is 2. The number of ether oxygens (including phenoxy) is 1. The van der Waals surface area contributed by atoms with E-state index in [-0.39, 0.29) is 18.0 Å². The van der Waals surface area contributed by atoms with Gasteiger partial charge in [-0.25, -0.2) is 4.79 Å². The SMILES string of the molecule is Cn1nc2c(c1C(=O)NC(c1ccccc1)c1ccccc1)CN(C(=O)OC(C)(C)C)CC2. The molecule has 0 unspecified atom stereocenters. The van der Waals surface area contributed by atoms with Gasteiger partial charge in [-0.2, -0.15) is 5.10 Å². The van der Waals surface area contributed by atoms with Gasteiger partial charge in [0.1, 0.15) is 11.3 Å². The molecule has 33 heavy (non-hydrogen) atoms. The Kier molecular flexibility index (Phi) is 6.22. The zero-order valence-electron chi connectivity index (χ0n) is 19.5. The van der Waals surface area contributed by atoms with Crippen LogP contribution in [0, 0.1) is 0 Å². The summed E-state index contributed by atoms with van der Waals surface area (Å²) in [5.41, 5.74) is 3.48. The highest BCUT2D eigenvalue weighted by molar-refractivity contribution is 5.95. The Hall–Kier alpha value is -3.61. The average Bonchev–Trinajstić information content (AvgIpc) is 3.12. The van der Waals surface area contributed by atoms with Crippen LogP contribution in [0.1, 0.15) is 59.7 Å². The van der Waals surface area contributed by atoms with Gasteiger partial charge in [0.25, 0.3) is 5.91 Å². The van der Waals surface area contributed by atoms with Crippen LogP contribution in [-0.4, -0.2) is 38.8 Å². The van der Waals surface area contributed by atoms with Crippen molar-refractivity contribution in [3.05, 3.63) is 88.7 Å². The minimum Gasteiger partial charge on any atom is -0.444 e. The van der Waals surface area contributed by atoms with Crippen LogP contribution in [-0.2, 0) is 24.8 Å². The molecule has 3 aromatic rings. The van der Waals surface area contributed by atoms with Crippen molar-refractivity contribution in [1.82, 2.24) is 20.0 Å². The van der Waals surface area contributed by atoms with Crippen LogP contribution in [0.4, 0.5) is 4.79 Å². The Balaban J connectivity index is 1.61. The maximum Gasteiger partial charge on any atom is 0.410 e. The van der Waals surface area contributed by atoms with Crippen LogP contribution in [0.25, 0.3) is 0 Å². The summed E-state index contributed by atoms with van der Waals surface area (Å²) >= 11 is 0. The second-order valence-electron chi connectivity index (χ2n) is 9.28. The summed E-state index contributed by atoms with van der Waals surface area (Å²) in [5, 5.41) is 7.76. The molecular weight excluding hydrogens is 416 g/mol. The zero-order valence-corrected chi connectivity index (χ0v) is 19.5. The van der Waals surface area contributed by atoms with Crippen molar-refractivity contribution >= 4 is 12.0 Å². The fourth-order valence-electron chi connectivity index (χ4n) is 4.12. The van der Waals surface area contributed by atoms with Gasteiger partial charge in [-0.3, -0.25) is 9.48 Å². The number of nitrogens with zero attached hydrogens (tertiary/aromatic N) is 3. The minimum absolute atomic E-state index is 0.227. The van der Waals surface area contributed by atoms with Crippen LogP contribution >= 0.6 is 0 Å². The quantitative estimate of drug-likeness (QED) is 0.651. The first-order valence-corrected chi connectivity index (χ1v) is 11.2. The number of hydrogen-bond donors (Lipinski definition) is 1.